The minimum absolute atomic E-state index is 0.172. The highest BCUT2D eigenvalue weighted by Crippen LogP contribution is 2.15. The Bertz CT molecular complexity index is 511. The summed E-state index contributed by atoms with van der Waals surface area (Å²) in [4.78, 5) is 23.4. The van der Waals surface area contributed by atoms with E-state index in [-0.39, 0.29) is 18.2 Å². The first-order valence-electron chi connectivity index (χ1n) is 7.05. The van der Waals surface area contributed by atoms with Crippen molar-refractivity contribution in [3.8, 4) is 6.01 Å². The molecule has 0 radical (unpaired) electrons. The Morgan fingerprint density at radius 1 is 1.17 bits per heavy atom. The smallest absolute Gasteiger partial charge is 0.406 e. The van der Waals surface area contributed by atoms with Crippen LogP contribution in [-0.4, -0.2) is 67.6 Å². The lowest BCUT2D eigenvalue weighted by molar-refractivity contribution is 0.153. The molecule has 10 heteroatoms. The summed E-state index contributed by atoms with van der Waals surface area (Å²) < 4.78 is 15.1. The number of amides is 1. The van der Waals surface area contributed by atoms with E-state index in [4.69, 9.17) is 14.2 Å². The van der Waals surface area contributed by atoms with E-state index in [2.05, 4.69) is 30.9 Å². The largest absolute Gasteiger partial charge is 0.467 e. The Labute approximate surface area is 135 Å². The van der Waals surface area contributed by atoms with E-state index >= 15 is 0 Å². The second-order valence-electron chi connectivity index (χ2n) is 5.22. The quantitative estimate of drug-likeness (QED) is 0.556. The van der Waals surface area contributed by atoms with Crippen molar-refractivity contribution in [1.82, 2.24) is 20.3 Å². The van der Waals surface area contributed by atoms with Gasteiger partial charge >= 0.3 is 12.1 Å². The Kier molecular flexibility index (Phi) is 7.26. The van der Waals surface area contributed by atoms with Crippen molar-refractivity contribution in [3.05, 3.63) is 0 Å². The van der Waals surface area contributed by atoms with Gasteiger partial charge in [0.2, 0.25) is 11.9 Å². The van der Waals surface area contributed by atoms with Crippen molar-refractivity contribution in [2.45, 2.75) is 19.4 Å². The zero-order chi connectivity index (χ0) is 17.3. The lowest BCUT2D eigenvalue weighted by Gasteiger charge is -2.25. The number of carbonyl (C=O) groups excluding carboxylic acids is 1. The standard InChI is InChI=1S/C13H24N6O4/c1-13(2,8-21-4)19-10-16-9(17-11(18-10)22-5)15-6-7-23-12(20)14-3/h6-8H2,1-5H3,(H,14,20)(H2,15,16,17,18,19). The number of methoxy groups -OCH3 is 2. The van der Waals surface area contributed by atoms with Gasteiger partial charge in [0.25, 0.3) is 0 Å². The van der Waals surface area contributed by atoms with Crippen molar-refractivity contribution in [2.24, 2.45) is 0 Å². The molecule has 0 bridgehead atoms. The van der Waals surface area contributed by atoms with Crippen LogP contribution >= 0.6 is 0 Å². The molecule has 0 unspecified atom stereocenters. The second kappa shape index (κ2) is 8.93. The highest BCUT2D eigenvalue weighted by atomic mass is 16.5. The Hall–Kier alpha value is -2.36. The van der Waals surface area contributed by atoms with Crippen LogP contribution in [0.5, 0.6) is 6.01 Å². The molecule has 1 aromatic rings. The summed E-state index contributed by atoms with van der Waals surface area (Å²) in [7, 11) is 4.58. The molecule has 0 aliphatic heterocycles. The maximum Gasteiger partial charge on any atom is 0.406 e. The van der Waals surface area contributed by atoms with Gasteiger partial charge in [0.15, 0.2) is 0 Å². The van der Waals surface area contributed by atoms with Crippen LogP contribution in [0.15, 0.2) is 0 Å². The topological polar surface area (TPSA) is 120 Å². The maximum absolute atomic E-state index is 11.0. The molecule has 0 aliphatic carbocycles. The van der Waals surface area contributed by atoms with E-state index in [9.17, 15) is 4.79 Å². The zero-order valence-corrected chi connectivity index (χ0v) is 14.1. The molecule has 1 aromatic heterocycles. The fourth-order valence-electron chi connectivity index (χ4n) is 1.66. The van der Waals surface area contributed by atoms with E-state index in [1.54, 1.807) is 7.11 Å². The van der Waals surface area contributed by atoms with Crippen molar-refractivity contribution in [1.29, 1.82) is 0 Å². The molecule has 23 heavy (non-hydrogen) atoms. The Morgan fingerprint density at radius 3 is 2.48 bits per heavy atom. The number of anilines is 2. The zero-order valence-electron chi connectivity index (χ0n) is 14.1. The minimum Gasteiger partial charge on any atom is -0.467 e. The van der Waals surface area contributed by atoms with E-state index in [1.165, 1.54) is 14.2 Å². The highest BCUT2D eigenvalue weighted by molar-refractivity contribution is 5.66. The summed E-state index contributed by atoms with van der Waals surface area (Å²) >= 11 is 0. The van der Waals surface area contributed by atoms with Gasteiger partial charge in [-0.3, -0.25) is 0 Å². The van der Waals surface area contributed by atoms with E-state index < -0.39 is 6.09 Å². The number of ether oxygens (including phenoxy) is 3. The first-order valence-corrected chi connectivity index (χ1v) is 7.05. The van der Waals surface area contributed by atoms with Gasteiger partial charge in [-0.1, -0.05) is 0 Å². The van der Waals surface area contributed by atoms with Crippen molar-refractivity contribution >= 4 is 18.0 Å². The van der Waals surface area contributed by atoms with E-state index in [1.807, 2.05) is 13.8 Å². The fourth-order valence-corrected chi connectivity index (χ4v) is 1.66. The normalized spacial score (nSPS) is 10.8. The SMILES string of the molecule is CNC(=O)OCCNc1nc(NC(C)(C)COC)nc(OC)n1. The highest BCUT2D eigenvalue weighted by Gasteiger charge is 2.19. The molecule has 10 nitrogen and oxygen atoms in total. The summed E-state index contributed by atoms with van der Waals surface area (Å²) in [5.41, 5.74) is -0.360. The summed E-state index contributed by atoms with van der Waals surface area (Å²) in [6.07, 6.45) is -0.497. The number of carbonyl (C=O) groups is 1. The molecule has 0 aromatic carbocycles. The van der Waals surface area contributed by atoms with Crippen LogP contribution < -0.4 is 20.7 Å². The maximum atomic E-state index is 11.0. The van der Waals surface area contributed by atoms with E-state index in [0.29, 0.717) is 25.0 Å². The predicted molar refractivity (Wildman–Crippen MR) is 84.9 cm³/mol. The fraction of sp³-hybridized carbons (Fsp3) is 0.692. The molecule has 0 saturated carbocycles. The van der Waals surface area contributed by atoms with Gasteiger partial charge in [-0.05, 0) is 13.8 Å². The molecular formula is C13H24N6O4. The van der Waals surface area contributed by atoms with Crippen LogP contribution in [0.3, 0.4) is 0 Å². The molecule has 0 aliphatic rings. The monoisotopic (exact) mass is 328 g/mol. The predicted octanol–water partition coefficient (Wildman–Crippen LogP) is 0.485. The first kappa shape index (κ1) is 18.7. The number of nitrogens with one attached hydrogen (secondary N) is 3. The number of nitrogens with zero attached hydrogens (tertiary/aromatic N) is 3. The first-order chi connectivity index (χ1) is 10.9. The number of hydrogen-bond acceptors (Lipinski definition) is 9. The molecule has 0 fully saturated rings. The lowest BCUT2D eigenvalue weighted by atomic mass is 10.1. The van der Waals surface area contributed by atoms with Gasteiger partial charge in [-0.2, -0.15) is 15.0 Å². The van der Waals surface area contributed by atoms with Crippen molar-refractivity contribution < 1.29 is 19.0 Å². The van der Waals surface area contributed by atoms with Crippen molar-refractivity contribution in [2.75, 3.05) is 51.7 Å². The van der Waals surface area contributed by atoms with Gasteiger partial charge in [0, 0.05) is 14.2 Å². The van der Waals surface area contributed by atoms with Crippen LogP contribution in [0, 0.1) is 0 Å². The minimum atomic E-state index is -0.497. The third kappa shape index (κ3) is 6.96. The summed E-state index contributed by atoms with van der Waals surface area (Å²) in [6.45, 7) is 4.91. The number of rotatable bonds is 9. The number of aromatic nitrogens is 3. The van der Waals surface area contributed by atoms with Gasteiger partial charge in [-0.25, -0.2) is 4.79 Å². The van der Waals surface area contributed by atoms with E-state index in [0.717, 1.165) is 0 Å². The second-order valence-corrected chi connectivity index (χ2v) is 5.22. The van der Waals surface area contributed by atoms with Crippen LogP contribution in [0.25, 0.3) is 0 Å². The molecule has 130 valence electrons. The third-order valence-electron chi connectivity index (χ3n) is 2.58. The van der Waals surface area contributed by atoms with Gasteiger partial charge in [0.1, 0.15) is 6.61 Å². The van der Waals surface area contributed by atoms with Crippen molar-refractivity contribution in [3.63, 3.8) is 0 Å². The number of hydrogen-bond donors (Lipinski definition) is 3. The average Bonchev–Trinajstić information content (AvgIpc) is 2.50. The number of alkyl carbamates (subject to hydrolysis) is 1. The van der Waals surface area contributed by atoms with Gasteiger partial charge < -0.3 is 30.2 Å². The summed E-state index contributed by atoms with van der Waals surface area (Å²) in [5.74, 6) is 0.668. The molecule has 1 heterocycles. The molecule has 1 rings (SSSR count). The summed E-state index contributed by atoms with van der Waals surface area (Å²) in [6, 6.07) is 0.172. The van der Waals surface area contributed by atoms with Gasteiger partial charge in [0.05, 0.1) is 25.8 Å². The van der Waals surface area contributed by atoms with Gasteiger partial charge in [-0.15, -0.1) is 0 Å². The molecule has 0 atom stereocenters. The molecule has 3 N–H and O–H groups in total. The molecule has 0 spiro atoms. The third-order valence-corrected chi connectivity index (χ3v) is 2.58. The lowest BCUT2D eigenvalue weighted by Crippen LogP contribution is -2.36. The van der Waals surface area contributed by atoms with Crippen LogP contribution in [-0.2, 0) is 9.47 Å². The van der Waals surface area contributed by atoms with Crippen LogP contribution in [0.1, 0.15) is 13.8 Å². The van der Waals surface area contributed by atoms with Crippen LogP contribution in [0.2, 0.25) is 0 Å². The van der Waals surface area contributed by atoms with Crippen LogP contribution in [0.4, 0.5) is 16.7 Å². The Morgan fingerprint density at radius 2 is 1.87 bits per heavy atom. The molecular weight excluding hydrogens is 304 g/mol. The average molecular weight is 328 g/mol. The molecule has 1 amide bonds. The molecule has 0 saturated heterocycles. The summed E-state index contributed by atoms with van der Waals surface area (Å²) in [5, 5.41) is 8.44. The Balaban J connectivity index is 2.69.